The number of aromatic nitrogens is 5. The van der Waals surface area contributed by atoms with Gasteiger partial charge in [0, 0.05) is 17.5 Å². The van der Waals surface area contributed by atoms with Gasteiger partial charge in [0.1, 0.15) is 17.7 Å². The molecule has 0 radical (unpaired) electrons. The molecule has 4 aromatic rings. The Morgan fingerprint density at radius 2 is 2.11 bits per heavy atom. The van der Waals surface area contributed by atoms with Crippen molar-refractivity contribution in [3.63, 3.8) is 0 Å². The lowest BCUT2D eigenvalue weighted by molar-refractivity contribution is 0.311. The molecule has 0 saturated heterocycles. The molecule has 3 heterocycles. The standard InChI is InChI=1S/C18H18ClN7O/c1-10(25-18-15-17(22-8-21-15)23-9-24-18)12-7-11-3-2-4-13(19)14(11)26-16(12)20-5-6-27/h2-4,7-10,27H,5-6H2,1H3,(H,20,26)(H2,21,22,23,24,25)/t10-/m0/s1. The maximum atomic E-state index is 9.19. The fourth-order valence-electron chi connectivity index (χ4n) is 2.98. The molecule has 0 amide bonds. The number of imidazole rings is 1. The number of pyridine rings is 1. The van der Waals surface area contributed by atoms with Crippen molar-refractivity contribution in [1.82, 2.24) is 24.9 Å². The molecule has 4 N–H and O–H groups in total. The quantitative estimate of drug-likeness (QED) is 0.404. The molecule has 4 rings (SSSR count). The van der Waals surface area contributed by atoms with Crippen LogP contribution in [0.25, 0.3) is 22.1 Å². The highest BCUT2D eigenvalue weighted by Crippen LogP contribution is 2.31. The number of halogens is 1. The summed E-state index contributed by atoms with van der Waals surface area (Å²) in [4.78, 5) is 20.3. The lowest BCUT2D eigenvalue weighted by Crippen LogP contribution is -2.15. The smallest absolute Gasteiger partial charge is 0.182 e. The Balaban J connectivity index is 1.75. The predicted octanol–water partition coefficient (Wildman–Crippen LogP) is 3.13. The zero-order chi connectivity index (χ0) is 18.8. The summed E-state index contributed by atoms with van der Waals surface area (Å²) in [7, 11) is 0. The van der Waals surface area contributed by atoms with Gasteiger partial charge in [-0.2, -0.15) is 0 Å². The van der Waals surface area contributed by atoms with Gasteiger partial charge in [-0.05, 0) is 19.1 Å². The number of aliphatic hydroxyl groups excluding tert-OH is 1. The SMILES string of the molecule is C[C@H](Nc1ncnc2nc[nH]c12)c1cc2cccc(Cl)c2nc1NCCO. The molecule has 0 saturated carbocycles. The number of hydrogen-bond donors (Lipinski definition) is 4. The average Bonchev–Trinajstić information content (AvgIpc) is 3.16. The van der Waals surface area contributed by atoms with Crippen molar-refractivity contribution in [2.24, 2.45) is 0 Å². The predicted molar refractivity (Wildman–Crippen MR) is 106 cm³/mol. The number of benzene rings is 1. The number of anilines is 2. The van der Waals surface area contributed by atoms with Crippen LogP contribution in [0.1, 0.15) is 18.5 Å². The van der Waals surface area contributed by atoms with E-state index < -0.39 is 0 Å². The summed E-state index contributed by atoms with van der Waals surface area (Å²) in [5.41, 5.74) is 2.99. The lowest BCUT2D eigenvalue weighted by atomic mass is 10.1. The van der Waals surface area contributed by atoms with E-state index in [4.69, 9.17) is 11.6 Å². The first-order valence-electron chi connectivity index (χ1n) is 8.52. The summed E-state index contributed by atoms with van der Waals surface area (Å²) < 4.78 is 0. The molecule has 1 atom stereocenters. The van der Waals surface area contributed by atoms with Crippen LogP contribution in [-0.4, -0.2) is 43.2 Å². The second kappa shape index (κ2) is 7.34. The molecule has 9 heteroatoms. The van der Waals surface area contributed by atoms with Crippen molar-refractivity contribution in [1.29, 1.82) is 0 Å². The molecule has 0 aliphatic heterocycles. The summed E-state index contributed by atoms with van der Waals surface area (Å²) in [5.74, 6) is 1.32. The third kappa shape index (κ3) is 3.36. The van der Waals surface area contributed by atoms with Crippen LogP contribution < -0.4 is 10.6 Å². The first-order chi connectivity index (χ1) is 13.2. The van der Waals surface area contributed by atoms with Gasteiger partial charge in [0.05, 0.1) is 29.5 Å². The van der Waals surface area contributed by atoms with Crippen molar-refractivity contribution in [3.05, 3.63) is 47.5 Å². The van der Waals surface area contributed by atoms with Crippen molar-refractivity contribution < 1.29 is 5.11 Å². The number of nitrogens with one attached hydrogen (secondary N) is 3. The van der Waals surface area contributed by atoms with Gasteiger partial charge in [0.15, 0.2) is 11.5 Å². The summed E-state index contributed by atoms with van der Waals surface area (Å²) >= 11 is 6.29. The largest absolute Gasteiger partial charge is 0.395 e. The molecule has 1 aromatic carbocycles. The molecule has 8 nitrogen and oxygen atoms in total. The van der Waals surface area contributed by atoms with Crippen LogP contribution in [0.2, 0.25) is 5.02 Å². The first kappa shape index (κ1) is 17.4. The van der Waals surface area contributed by atoms with E-state index in [-0.39, 0.29) is 12.6 Å². The second-order valence-corrected chi connectivity index (χ2v) is 6.48. The number of hydrogen-bond acceptors (Lipinski definition) is 7. The Kier molecular flexibility index (Phi) is 4.74. The van der Waals surface area contributed by atoms with Gasteiger partial charge >= 0.3 is 0 Å². The van der Waals surface area contributed by atoms with Crippen LogP contribution in [-0.2, 0) is 0 Å². The van der Waals surface area contributed by atoms with E-state index in [2.05, 4.69) is 35.6 Å². The fourth-order valence-corrected chi connectivity index (χ4v) is 3.21. The molecule has 0 aliphatic carbocycles. The van der Waals surface area contributed by atoms with Gasteiger partial charge < -0.3 is 20.7 Å². The number of nitrogens with zero attached hydrogens (tertiary/aromatic N) is 4. The molecule has 0 bridgehead atoms. The van der Waals surface area contributed by atoms with Crippen LogP contribution in [0.5, 0.6) is 0 Å². The summed E-state index contributed by atoms with van der Waals surface area (Å²) in [6.07, 6.45) is 3.06. The molecule has 0 aliphatic rings. The fraction of sp³-hybridized carbons (Fsp3) is 0.222. The molecular weight excluding hydrogens is 366 g/mol. The minimum absolute atomic E-state index is 0.00413. The molecule has 3 aromatic heterocycles. The van der Waals surface area contributed by atoms with Crippen molar-refractivity contribution in [3.8, 4) is 0 Å². The van der Waals surface area contributed by atoms with Crippen molar-refractivity contribution >= 4 is 45.3 Å². The van der Waals surface area contributed by atoms with Gasteiger partial charge in [-0.15, -0.1) is 0 Å². The maximum Gasteiger partial charge on any atom is 0.182 e. The number of rotatable bonds is 6. The highest BCUT2D eigenvalue weighted by molar-refractivity contribution is 6.35. The molecule has 0 fully saturated rings. The van der Waals surface area contributed by atoms with Crippen LogP contribution in [0.4, 0.5) is 11.6 Å². The molecule has 0 spiro atoms. The van der Waals surface area contributed by atoms with Gasteiger partial charge in [0.25, 0.3) is 0 Å². The van der Waals surface area contributed by atoms with E-state index in [0.29, 0.717) is 34.4 Å². The maximum absolute atomic E-state index is 9.19. The first-order valence-corrected chi connectivity index (χ1v) is 8.89. The van der Waals surface area contributed by atoms with Gasteiger partial charge in [0.2, 0.25) is 0 Å². The number of aromatic amines is 1. The molecule has 0 unspecified atom stereocenters. The third-order valence-electron chi connectivity index (χ3n) is 4.27. The highest BCUT2D eigenvalue weighted by Gasteiger charge is 2.17. The minimum Gasteiger partial charge on any atom is -0.395 e. The van der Waals surface area contributed by atoms with E-state index in [0.717, 1.165) is 16.5 Å². The number of fused-ring (bicyclic) bond motifs is 2. The zero-order valence-electron chi connectivity index (χ0n) is 14.6. The van der Waals surface area contributed by atoms with Crippen LogP contribution in [0.15, 0.2) is 36.9 Å². The van der Waals surface area contributed by atoms with E-state index in [1.54, 1.807) is 6.33 Å². The lowest BCUT2D eigenvalue weighted by Gasteiger charge is -2.20. The third-order valence-corrected chi connectivity index (χ3v) is 4.58. The van der Waals surface area contributed by atoms with Crippen LogP contribution in [0.3, 0.4) is 0 Å². The Morgan fingerprint density at radius 3 is 2.96 bits per heavy atom. The van der Waals surface area contributed by atoms with E-state index in [1.165, 1.54) is 6.33 Å². The Bertz CT molecular complexity index is 1100. The van der Waals surface area contributed by atoms with Gasteiger partial charge in [-0.25, -0.2) is 19.9 Å². The normalized spacial score (nSPS) is 12.4. The van der Waals surface area contributed by atoms with E-state index in [1.807, 2.05) is 31.2 Å². The summed E-state index contributed by atoms with van der Waals surface area (Å²) in [6, 6.07) is 7.59. The number of para-hydroxylation sites is 1. The summed E-state index contributed by atoms with van der Waals surface area (Å²) in [5, 5.41) is 17.3. The Morgan fingerprint density at radius 1 is 1.22 bits per heavy atom. The topological polar surface area (TPSA) is 112 Å². The number of H-pyrrole nitrogens is 1. The van der Waals surface area contributed by atoms with E-state index in [9.17, 15) is 5.11 Å². The van der Waals surface area contributed by atoms with Crippen LogP contribution >= 0.6 is 11.6 Å². The van der Waals surface area contributed by atoms with Crippen molar-refractivity contribution in [2.45, 2.75) is 13.0 Å². The Labute approximate surface area is 160 Å². The molecule has 138 valence electrons. The van der Waals surface area contributed by atoms with E-state index >= 15 is 0 Å². The monoisotopic (exact) mass is 383 g/mol. The van der Waals surface area contributed by atoms with Gasteiger partial charge in [-0.3, -0.25) is 0 Å². The Hall–Kier alpha value is -2.97. The highest BCUT2D eigenvalue weighted by atomic mass is 35.5. The zero-order valence-corrected chi connectivity index (χ0v) is 15.3. The summed E-state index contributed by atoms with van der Waals surface area (Å²) in [6.45, 7) is 2.41. The molecular formula is C18H18ClN7O. The minimum atomic E-state index is -0.122. The number of aliphatic hydroxyl groups is 1. The van der Waals surface area contributed by atoms with Gasteiger partial charge in [-0.1, -0.05) is 23.7 Å². The van der Waals surface area contributed by atoms with Crippen LogP contribution in [0, 0.1) is 0 Å². The second-order valence-electron chi connectivity index (χ2n) is 6.08. The average molecular weight is 384 g/mol. The van der Waals surface area contributed by atoms with Crippen molar-refractivity contribution in [2.75, 3.05) is 23.8 Å². The molecule has 27 heavy (non-hydrogen) atoms.